The van der Waals surface area contributed by atoms with E-state index in [1.165, 1.54) is 30.6 Å². The predicted octanol–water partition coefficient (Wildman–Crippen LogP) is 4.62. The van der Waals surface area contributed by atoms with Gasteiger partial charge in [-0.3, -0.25) is 4.98 Å². The van der Waals surface area contributed by atoms with E-state index >= 15 is 0 Å². The Kier molecular flexibility index (Phi) is 3.96. The normalized spacial score (nSPS) is 10.7. The van der Waals surface area contributed by atoms with E-state index < -0.39 is 11.8 Å². The molecule has 0 aliphatic rings. The number of fused-ring (bicyclic) bond motifs is 1. The highest BCUT2D eigenvalue weighted by atomic mass is 35.5. The second-order valence-corrected chi connectivity index (χ2v) is 5.88. The van der Waals surface area contributed by atoms with Gasteiger partial charge in [-0.15, -0.1) is 11.3 Å². The van der Waals surface area contributed by atoms with Gasteiger partial charge in [0, 0.05) is 23.5 Å². The van der Waals surface area contributed by atoms with Crippen molar-refractivity contribution in [2.45, 2.75) is 0 Å². The van der Waals surface area contributed by atoms with E-state index in [1.807, 2.05) is 0 Å². The van der Waals surface area contributed by atoms with Crippen LogP contribution in [0.25, 0.3) is 10.1 Å². The van der Waals surface area contributed by atoms with E-state index in [-0.39, 0.29) is 5.02 Å². The van der Waals surface area contributed by atoms with Crippen LogP contribution in [0.1, 0.15) is 9.67 Å². The van der Waals surface area contributed by atoms with Gasteiger partial charge in [0.15, 0.2) is 0 Å². The molecule has 0 aliphatic carbocycles. The quantitative estimate of drug-likeness (QED) is 0.709. The van der Waals surface area contributed by atoms with Crippen molar-refractivity contribution in [3.8, 4) is 0 Å². The molecule has 3 rings (SSSR count). The zero-order valence-corrected chi connectivity index (χ0v) is 13.0. The fraction of sp³-hybridized carbons (Fsp3) is 0.0667. The molecule has 3 aromatic rings. The molecule has 0 radical (unpaired) electrons. The molecule has 0 bridgehead atoms. The van der Waals surface area contributed by atoms with Crippen LogP contribution >= 0.6 is 22.9 Å². The second-order valence-electron chi connectivity index (χ2n) is 4.42. The summed E-state index contributed by atoms with van der Waals surface area (Å²) < 4.78 is 18.9. The fourth-order valence-corrected chi connectivity index (χ4v) is 3.25. The first kappa shape index (κ1) is 14.7. The maximum absolute atomic E-state index is 13.3. The van der Waals surface area contributed by atoms with Gasteiger partial charge in [0.25, 0.3) is 0 Å². The number of methoxy groups -OCH3 is 1. The van der Waals surface area contributed by atoms with Crippen LogP contribution in [0.15, 0.2) is 36.7 Å². The van der Waals surface area contributed by atoms with Gasteiger partial charge in [-0.2, -0.15) is 0 Å². The number of thiophene rings is 1. The Balaban J connectivity index is 2.11. The average Bonchev–Trinajstić information content (AvgIpc) is 2.89. The van der Waals surface area contributed by atoms with Crippen LogP contribution in [0.3, 0.4) is 0 Å². The Labute approximate surface area is 134 Å². The van der Waals surface area contributed by atoms with Gasteiger partial charge >= 0.3 is 5.97 Å². The van der Waals surface area contributed by atoms with Gasteiger partial charge in [-0.25, -0.2) is 9.18 Å². The molecule has 0 atom stereocenters. The Morgan fingerprint density at radius 3 is 2.95 bits per heavy atom. The van der Waals surface area contributed by atoms with Gasteiger partial charge in [0.2, 0.25) is 0 Å². The number of nitrogens with zero attached hydrogens (tertiary/aromatic N) is 1. The third-order valence-electron chi connectivity index (χ3n) is 3.05. The van der Waals surface area contributed by atoms with Crippen molar-refractivity contribution in [1.29, 1.82) is 0 Å². The average molecular weight is 337 g/mol. The lowest BCUT2D eigenvalue weighted by atomic mass is 10.2. The smallest absolute Gasteiger partial charge is 0.350 e. The number of aromatic nitrogens is 1. The van der Waals surface area contributed by atoms with Gasteiger partial charge in [-0.1, -0.05) is 11.6 Å². The Morgan fingerprint density at radius 1 is 1.41 bits per heavy atom. The minimum atomic E-state index is -0.500. The molecule has 0 fully saturated rings. The zero-order valence-electron chi connectivity index (χ0n) is 11.4. The molecular formula is C15H10ClFN2O2S. The number of hydrogen-bond donors (Lipinski definition) is 1. The molecule has 1 N–H and O–H groups in total. The van der Waals surface area contributed by atoms with Crippen LogP contribution in [0.4, 0.5) is 15.8 Å². The van der Waals surface area contributed by atoms with Gasteiger partial charge in [-0.05, 0) is 24.3 Å². The van der Waals surface area contributed by atoms with Crippen LogP contribution < -0.4 is 5.32 Å². The predicted molar refractivity (Wildman–Crippen MR) is 85.7 cm³/mol. The number of pyridine rings is 1. The molecular weight excluding hydrogens is 327 g/mol. The molecule has 0 amide bonds. The highest BCUT2D eigenvalue weighted by Crippen LogP contribution is 2.37. The summed E-state index contributed by atoms with van der Waals surface area (Å²) in [5.74, 6) is -0.948. The molecule has 0 aliphatic heterocycles. The lowest BCUT2D eigenvalue weighted by Crippen LogP contribution is -2.02. The number of benzene rings is 1. The Morgan fingerprint density at radius 2 is 2.23 bits per heavy atom. The summed E-state index contributed by atoms with van der Waals surface area (Å²) in [6, 6.07) is 6.07. The second kappa shape index (κ2) is 5.90. The maximum Gasteiger partial charge on any atom is 0.350 e. The summed E-state index contributed by atoms with van der Waals surface area (Å²) in [4.78, 5) is 16.4. The molecule has 112 valence electrons. The third kappa shape index (κ3) is 2.63. The summed E-state index contributed by atoms with van der Waals surface area (Å²) in [5, 5.41) is 3.95. The third-order valence-corrected chi connectivity index (χ3v) is 4.46. The fourth-order valence-electron chi connectivity index (χ4n) is 2.03. The standard InChI is InChI=1S/C15H10ClFN2O2S/c1-21-15(20)14-13(9-4-5-18-7-12(9)22-14)19-8-2-3-11(17)10(16)6-8/h2-7,19H,1H3. The van der Waals surface area contributed by atoms with E-state index in [2.05, 4.69) is 10.3 Å². The first-order valence-corrected chi connectivity index (χ1v) is 7.46. The van der Waals surface area contributed by atoms with Crippen molar-refractivity contribution in [3.05, 3.63) is 52.4 Å². The molecule has 0 saturated heterocycles. The SMILES string of the molecule is COC(=O)c1sc2cnccc2c1Nc1ccc(F)c(Cl)c1. The summed E-state index contributed by atoms with van der Waals surface area (Å²) in [6.45, 7) is 0. The van der Waals surface area contributed by atoms with Crippen molar-refractivity contribution in [2.24, 2.45) is 0 Å². The van der Waals surface area contributed by atoms with Gasteiger partial charge in [0.05, 0.1) is 22.5 Å². The number of halogens is 2. The minimum absolute atomic E-state index is 0.00539. The van der Waals surface area contributed by atoms with Crippen molar-refractivity contribution in [3.63, 3.8) is 0 Å². The lowest BCUT2D eigenvalue weighted by molar-refractivity contribution is 0.0607. The van der Waals surface area contributed by atoms with Crippen LogP contribution in [-0.2, 0) is 4.74 Å². The van der Waals surface area contributed by atoms with Crippen molar-refractivity contribution < 1.29 is 13.9 Å². The minimum Gasteiger partial charge on any atom is -0.465 e. The van der Waals surface area contributed by atoms with Crippen molar-refractivity contribution in [2.75, 3.05) is 12.4 Å². The first-order valence-electron chi connectivity index (χ1n) is 6.27. The highest BCUT2D eigenvalue weighted by Gasteiger charge is 2.19. The first-order chi connectivity index (χ1) is 10.6. The number of nitrogens with one attached hydrogen (secondary N) is 1. The molecule has 2 heterocycles. The van der Waals surface area contributed by atoms with Crippen LogP contribution in [0, 0.1) is 5.82 Å². The molecule has 2 aromatic heterocycles. The van der Waals surface area contributed by atoms with E-state index in [0.717, 1.165) is 10.1 Å². The topological polar surface area (TPSA) is 51.2 Å². The number of rotatable bonds is 3. The number of ether oxygens (including phenoxy) is 1. The molecule has 0 unspecified atom stereocenters. The summed E-state index contributed by atoms with van der Waals surface area (Å²) in [7, 11) is 1.32. The number of anilines is 2. The number of carbonyl (C=O) groups excluding carboxylic acids is 1. The van der Waals surface area contributed by atoms with Crippen LogP contribution in [0.2, 0.25) is 5.02 Å². The largest absolute Gasteiger partial charge is 0.465 e. The highest BCUT2D eigenvalue weighted by molar-refractivity contribution is 7.21. The molecule has 1 aromatic carbocycles. The van der Waals surface area contributed by atoms with E-state index in [4.69, 9.17) is 16.3 Å². The molecule has 7 heteroatoms. The Hall–Kier alpha value is -2.18. The molecule has 0 spiro atoms. The van der Waals surface area contributed by atoms with Crippen molar-refractivity contribution >= 4 is 50.4 Å². The number of esters is 1. The van der Waals surface area contributed by atoms with E-state index in [0.29, 0.717) is 16.3 Å². The molecule has 4 nitrogen and oxygen atoms in total. The van der Waals surface area contributed by atoms with Crippen LogP contribution in [0.5, 0.6) is 0 Å². The van der Waals surface area contributed by atoms with Gasteiger partial charge < -0.3 is 10.1 Å². The summed E-state index contributed by atoms with van der Waals surface area (Å²) in [5.41, 5.74) is 1.17. The van der Waals surface area contributed by atoms with Gasteiger partial charge in [0.1, 0.15) is 10.7 Å². The summed E-state index contributed by atoms with van der Waals surface area (Å²) in [6.07, 6.45) is 3.31. The summed E-state index contributed by atoms with van der Waals surface area (Å²) >= 11 is 7.06. The molecule has 0 saturated carbocycles. The molecule has 22 heavy (non-hydrogen) atoms. The monoisotopic (exact) mass is 336 g/mol. The van der Waals surface area contributed by atoms with E-state index in [9.17, 15) is 9.18 Å². The lowest BCUT2D eigenvalue weighted by Gasteiger charge is -2.08. The van der Waals surface area contributed by atoms with Crippen LogP contribution in [-0.4, -0.2) is 18.1 Å². The number of hydrogen-bond acceptors (Lipinski definition) is 5. The maximum atomic E-state index is 13.3. The van der Waals surface area contributed by atoms with E-state index in [1.54, 1.807) is 24.5 Å². The Bertz CT molecular complexity index is 866. The zero-order chi connectivity index (χ0) is 15.7. The number of carbonyl (C=O) groups is 1. The van der Waals surface area contributed by atoms with Crippen molar-refractivity contribution in [1.82, 2.24) is 4.98 Å².